The summed E-state index contributed by atoms with van der Waals surface area (Å²) in [7, 11) is 1.26. The Hall–Kier alpha value is -2.76. The summed E-state index contributed by atoms with van der Waals surface area (Å²) in [5, 5.41) is 0. The largest absolute Gasteiger partial charge is 0.466 e. The second-order valence-electron chi connectivity index (χ2n) is 4.56. The highest BCUT2D eigenvalue weighted by Crippen LogP contribution is 2.32. The van der Waals surface area contributed by atoms with E-state index in [0.29, 0.717) is 11.3 Å². The first-order valence-corrected chi connectivity index (χ1v) is 6.60. The zero-order chi connectivity index (χ0) is 16.9. The molecule has 0 aliphatic heterocycles. The summed E-state index contributed by atoms with van der Waals surface area (Å²) in [5.41, 5.74) is -0.128. The van der Waals surface area contributed by atoms with Gasteiger partial charge in [-0.2, -0.15) is 13.2 Å². The fourth-order valence-electron chi connectivity index (χ4n) is 1.79. The lowest BCUT2D eigenvalue weighted by molar-refractivity contribution is -0.137. The molecule has 0 aliphatic rings. The van der Waals surface area contributed by atoms with Crippen molar-refractivity contribution < 1.29 is 27.4 Å². The molecule has 3 nitrogen and oxygen atoms in total. The molecule has 0 fully saturated rings. The lowest BCUT2D eigenvalue weighted by Crippen LogP contribution is -2.04. The van der Waals surface area contributed by atoms with E-state index in [4.69, 9.17) is 4.74 Å². The smallest absolute Gasteiger partial charge is 0.416 e. The number of hydrogen-bond donors (Lipinski definition) is 0. The molecule has 0 bridgehead atoms. The zero-order valence-corrected chi connectivity index (χ0v) is 12.1. The van der Waals surface area contributed by atoms with Crippen molar-refractivity contribution in [1.29, 1.82) is 0 Å². The van der Waals surface area contributed by atoms with Crippen LogP contribution >= 0.6 is 0 Å². The SMILES string of the molecule is COC(=O)/C=C/c1cccc(Oc2cccc(C(F)(F)F)c2)c1. The quantitative estimate of drug-likeness (QED) is 0.605. The molecule has 23 heavy (non-hydrogen) atoms. The van der Waals surface area contributed by atoms with Gasteiger partial charge in [0.1, 0.15) is 11.5 Å². The van der Waals surface area contributed by atoms with Crippen LogP contribution in [0, 0.1) is 0 Å². The summed E-state index contributed by atoms with van der Waals surface area (Å²) in [6.07, 6.45) is -1.67. The van der Waals surface area contributed by atoms with E-state index in [1.54, 1.807) is 24.3 Å². The Balaban J connectivity index is 2.18. The maximum atomic E-state index is 12.7. The van der Waals surface area contributed by atoms with Crippen LogP contribution < -0.4 is 4.74 Å². The van der Waals surface area contributed by atoms with E-state index in [2.05, 4.69) is 4.74 Å². The average molecular weight is 322 g/mol. The highest BCUT2D eigenvalue weighted by atomic mass is 19.4. The normalized spacial score (nSPS) is 11.5. The Morgan fingerprint density at radius 1 is 1.04 bits per heavy atom. The minimum Gasteiger partial charge on any atom is -0.466 e. The molecule has 0 radical (unpaired) electrons. The lowest BCUT2D eigenvalue weighted by Gasteiger charge is -2.10. The number of benzene rings is 2. The number of carbonyl (C=O) groups excluding carboxylic acids is 1. The molecular formula is C17H13F3O3. The Bertz CT molecular complexity index is 721. The second-order valence-corrected chi connectivity index (χ2v) is 4.56. The number of ether oxygens (including phenoxy) is 2. The molecule has 0 aromatic heterocycles. The maximum Gasteiger partial charge on any atom is 0.416 e. The number of halogens is 3. The topological polar surface area (TPSA) is 35.5 Å². The summed E-state index contributed by atoms with van der Waals surface area (Å²) in [4.78, 5) is 11.0. The molecule has 0 saturated carbocycles. The monoisotopic (exact) mass is 322 g/mol. The molecule has 2 aromatic carbocycles. The van der Waals surface area contributed by atoms with E-state index in [0.717, 1.165) is 12.1 Å². The van der Waals surface area contributed by atoms with E-state index in [-0.39, 0.29) is 5.75 Å². The number of methoxy groups -OCH3 is 1. The molecule has 2 rings (SSSR count). The van der Waals surface area contributed by atoms with E-state index in [9.17, 15) is 18.0 Å². The average Bonchev–Trinajstić information content (AvgIpc) is 2.52. The van der Waals surface area contributed by atoms with Crippen LogP contribution in [0.3, 0.4) is 0 Å². The maximum absolute atomic E-state index is 12.7. The predicted molar refractivity (Wildman–Crippen MR) is 79.0 cm³/mol. The van der Waals surface area contributed by atoms with Crippen molar-refractivity contribution in [2.24, 2.45) is 0 Å². The number of hydrogen-bond acceptors (Lipinski definition) is 3. The van der Waals surface area contributed by atoms with E-state index in [1.165, 1.54) is 31.4 Å². The van der Waals surface area contributed by atoms with Crippen LogP contribution in [-0.4, -0.2) is 13.1 Å². The van der Waals surface area contributed by atoms with Crippen molar-refractivity contribution in [3.05, 3.63) is 65.7 Å². The third-order valence-electron chi connectivity index (χ3n) is 2.87. The van der Waals surface area contributed by atoms with E-state index >= 15 is 0 Å². The van der Waals surface area contributed by atoms with Gasteiger partial charge in [0, 0.05) is 6.08 Å². The first-order chi connectivity index (χ1) is 10.9. The minimum atomic E-state index is -4.43. The molecule has 120 valence electrons. The fraction of sp³-hybridized carbons (Fsp3) is 0.118. The van der Waals surface area contributed by atoms with Crippen LogP contribution in [0.1, 0.15) is 11.1 Å². The van der Waals surface area contributed by atoms with Gasteiger partial charge in [0.2, 0.25) is 0 Å². The third kappa shape index (κ3) is 4.88. The molecule has 0 heterocycles. The van der Waals surface area contributed by atoms with Gasteiger partial charge in [-0.3, -0.25) is 0 Å². The number of alkyl halides is 3. The molecule has 0 spiro atoms. The number of rotatable bonds is 4. The van der Waals surface area contributed by atoms with Crippen LogP contribution in [0.2, 0.25) is 0 Å². The summed E-state index contributed by atoms with van der Waals surface area (Å²) in [6.45, 7) is 0. The van der Waals surface area contributed by atoms with Crippen molar-refractivity contribution in [3.63, 3.8) is 0 Å². The van der Waals surface area contributed by atoms with Crippen molar-refractivity contribution in [1.82, 2.24) is 0 Å². The molecule has 0 aliphatic carbocycles. The van der Waals surface area contributed by atoms with Crippen molar-refractivity contribution >= 4 is 12.0 Å². The Labute approximate surface area is 131 Å². The highest BCUT2D eigenvalue weighted by Gasteiger charge is 2.30. The van der Waals surface area contributed by atoms with Crippen LogP contribution in [0.25, 0.3) is 6.08 Å². The molecule has 6 heteroatoms. The van der Waals surface area contributed by atoms with Crippen LogP contribution in [0.5, 0.6) is 11.5 Å². The van der Waals surface area contributed by atoms with Gasteiger partial charge < -0.3 is 9.47 Å². The van der Waals surface area contributed by atoms with Crippen molar-refractivity contribution in [2.75, 3.05) is 7.11 Å². The molecule has 0 unspecified atom stereocenters. The van der Waals surface area contributed by atoms with Crippen LogP contribution in [0.4, 0.5) is 13.2 Å². The Morgan fingerprint density at radius 3 is 2.35 bits per heavy atom. The molecule has 2 aromatic rings. The fourth-order valence-corrected chi connectivity index (χ4v) is 1.79. The van der Waals surface area contributed by atoms with Crippen LogP contribution in [0.15, 0.2) is 54.6 Å². The summed E-state index contributed by atoms with van der Waals surface area (Å²) in [6, 6.07) is 11.2. The minimum absolute atomic E-state index is 0.0777. The summed E-state index contributed by atoms with van der Waals surface area (Å²) in [5.74, 6) is -0.0699. The molecule has 0 N–H and O–H groups in total. The molecule has 0 saturated heterocycles. The lowest BCUT2D eigenvalue weighted by atomic mass is 10.2. The third-order valence-corrected chi connectivity index (χ3v) is 2.87. The van der Waals surface area contributed by atoms with Gasteiger partial charge in [0.15, 0.2) is 0 Å². The van der Waals surface area contributed by atoms with Gasteiger partial charge in [0.25, 0.3) is 0 Å². The number of carbonyl (C=O) groups is 1. The van der Waals surface area contributed by atoms with Gasteiger partial charge in [-0.05, 0) is 42.0 Å². The first kappa shape index (κ1) is 16.6. The summed E-state index contributed by atoms with van der Waals surface area (Å²) >= 11 is 0. The first-order valence-electron chi connectivity index (χ1n) is 6.60. The zero-order valence-electron chi connectivity index (χ0n) is 12.1. The van der Waals surface area contributed by atoms with Gasteiger partial charge in [-0.15, -0.1) is 0 Å². The Morgan fingerprint density at radius 2 is 1.70 bits per heavy atom. The van der Waals surface area contributed by atoms with Crippen LogP contribution in [-0.2, 0) is 15.7 Å². The van der Waals surface area contributed by atoms with E-state index < -0.39 is 17.7 Å². The molecule has 0 atom stereocenters. The Kier molecular flexibility index (Phi) is 5.05. The van der Waals surface area contributed by atoms with E-state index in [1.807, 2.05) is 0 Å². The van der Waals surface area contributed by atoms with Gasteiger partial charge in [-0.1, -0.05) is 18.2 Å². The standard InChI is InChI=1S/C17H13F3O3/c1-22-16(21)9-8-12-4-2-6-14(10-12)23-15-7-3-5-13(11-15)17(18,19)20/h2-11H,1H3/b9-8+. The number of esters is 1. The predicted octanol–water partition coefficient (Wildman–Crippen LogP) is 4.68. The second kappa shape index (κ2) is 7.00. The van der Waals surface area contributed by atoms with Gasteiger partial charge in [-0.25, -0.2) is 4.79 Å². The van der Waals surface area contributed by atoms with Gasteiger partial charge >= 0.3 is 12.1 Å². The van der Waals surface area contributed by atoms with Crippen molar-refractivity contribution in [2.45, 2.75) is 6.18 Å². The van der Waals surface area contributed by atoms with Gasteiger partial charge in [0.05, 0.1) is 12.7 Å². The summed E-state index contributed by atoms with van der Waals surface area (Å²) < 4.78 is 47.9. The highest BCUT2D eigenvalue weighted by molar-refractivity contribution is 5.86. The molecular weight excluding hydrogens is 309 g/mol. The van der Waals surface area contributed by atoms with Crippen molar-refractivity contribution in [3.8, 4) is 11.5 Å². The molecule has 0 amide bonds.